The summed E-state index contributed by atoms with van der Waals surface area (Å²) < 4.78 is 39.3. The molecule has 2 rings (SSSR count). The third-order valence-electron chi connectivity index (χ3n) is 7.75. The molecule has 4 atom stereocenters. The lowest BCUT2D eigenvalue weighted by atomic mass is 9.62. The zero-order chi connectivity index (χ0) is 23.2. The first kappa shape index (κ1) is 26.2. The minimum Gasteiger partial charge on any atom is -0.311 e. The van der Waals surface area contributed by atoms with Crippen molar-refractivity contribution in [3.05, 3.63) is 36.5 Å². The van der Waals surface area contributed by atoms with E-state index in [1.165, 1.54) is 10.4 Å². The van der Waals surface area contributed by atoms with Gasteiger partial charge in [0.25, 0.3) is 0 Å². The molecular formula is C24H42FN3O2S. The van der Waals surface area contributed by atoms with Crippen molar-refractivity contribution in [2.24, 2.45) is 23.7 Å². The molecule has 2 aliphatic heterocycles. The van der Waals surface area contributed by atoms with Crippen LogP contribution in [0.1, 0.15) is 47.0 Å². The zero-order valence-electron chi connectivity index (χ0n) is 19.8. The third-order valence-corrected chi connectivity index (χ3v) is 9.33. The highest BCUT2D eigenvalue weighted by atomic mass is 32.2. The average molecular weight is 456 g/mol. The summed E-state index contributed by atoms with van der Waals surface area (Å²) in [5.74, 6) is 2.02. The van der Waals surface area contributed by atoms with Crippen LogP contribution in [-0.4, -0.2) is 62.4 Å². The van der Waals surface area contributed by atoms with E-state index in [-0.39, 0.29) is 11.4 Å². The second kappa shape index (κ2) is 11.2. The molecule has 0 bridgehead atoms. The van der Waals surface area contributed by atoms with Crippen molar-refractivity contribution in [2.45, 2.75) is 52.5 Å². The van der Waals surface area contributed by atoms with Crippen molar-refractivity contribution in [3.8, 4) is 0 Å². The number of piperidine rings is 2. The Kier molecular flexibility index (Phi) is 9.49. The Labute approximate surface area is 189 Å². The molecule has 0 aromatic heterocycles. The number of hydrogen-bond donors (Lipinski definition) is 1. The van der Waals surface area contributed by atoms with E-state index in [0.29, 0.717) is 43.2 Å². The fourth-order valence-electron chi connectivity index (χ4n) is 5.52. The number of likely N-dealkylation sites (N-methyl/N-ethyl adjacent to an activating group) is 1. The standard InChI is InChI=1S/C24H42FN3O2S/c1-7-22(25)10-13-24(6)20(5)23(19(4)18-26-24)21-11-14-27(15-12-21)16-17-28(8-2)31(29,30)9-3/h7,9-10,19-21,23,26H,1,3,8,11-18H2,2,4-6H3/b22-10+/t19?,20?,23-,24?/m0/s1. The fraction of sp³-hybridized carbons (Fsp3) is 0.750. The summed E-state index contributed by atoms with van der Waals surface area (Å²) >= 11 is 0. The highest BCUT2D eigenvalue weighted by molar-refractivity contribution is 7.92. The van der Waals surface area contributed by atoms with Gasteiger partial charge in [0.2, 0.25) is 10.0 Å². The van der Waals surface area contributed by atoms with Crippen LogP contribution >= 0.6 is 0 Å². The average Bonchev–Trinajstić information content (AvgIpc) is 2.76. The molecule has 2 fully saturated rings. The van der Waals surface area contributed by atoms with Gasteiger partial charge in [-0.05, 0) is 81.6 Å². The molecule has 0 amide bonds. The Bertz CT molecular complexity index is 746. The van der Waals surface area contributed by atoms with Gasteiger partial charge in [0.15, 0.2) is 0 Å². The summed E-state index contributed by atoms with van der Waals surface area (Å²) in [5.41, 5.74) is -0.116. The van der Waals surface area contributed by atoms with E-state index in [9.17, 15) is 12.8 Å². The SMILES string of the molecule is C=C/C(F)=C\CC1(C)NCC(C)[C@H](C2CCN(CCN(CC)S(=O)(=O)C=C)CC2)C1C. The molecule has 0 aromatic carbocycles. The first-order chi connectivity index (χ1) is 14.6. The Balaban J connectivity index is 1.96. The van der Waals surface area contributed by atoms with Gasteiger partial charge in [0.05, 0.1) is 0 Å². The highest BCUT2D eigenvalue weighted by Crippen LogP contribution is 2.44. The number of allylic oxidation sites excluding steroid dienone is 2. The summed E-state index contributed by atoms with van der Waals surface area (Å²) in [7, 11) is -3.35. The molecular weight excluding hydrogens is 413 g/mol. The molecule has 7 heteroatoms. The van der Waals surface area contributed by atoms with Gasteiger partial charge in [-0.1, -0.05) is 33.9 Å². The van der Waals surface area contributed by atoms with E-state index in [1.807, 2.05) is 6.92 Å². The van der Waals surface area contributed by atoms with E-state index in [4.69, 9.17) is 0 Å². The second-order valence-corrected chi connectivity index (χ2v) is 11.4. The maximum atomic E-state index is 13.7. The topological polar surface area (TPSA) is 52.6 Å². The molecule has 0 radical (unpaired) electrons. The third kappa shape index (κ3) is 6.50. The van der Waals surface area contributed by atoms with Crippen LogP contribution < -0.4 is 5.32 Å². The summed E-state index contributed by atoms with van der Waals surface area (Å²) in [6, 6.07) is 0. The molecule has 2 aliphatic rings. The summed E-state index contributed by atoms with van der Waals surface area (Å²) in [4.78, 5) is 2.38. The largest absolute Gasteiger partial charge is 0.311 e. The fourth-order valence-corrected chi connectivity index (χ4v) is 6.42. The molecule has 0 aromatic rings. The van der Waals surface area contributed by atoms with E-state index < -0.39 is 10.0 Å². The first-order valence-corrected chi connectivity index (χ1v) is 13.2. The van der Waals surface area contributed by atoms with Crippen molar-refractivity contribution in [1.29, 1.82) is 0 Å². The van der Waals surface area contributed by atoms with E-state index in [1.54, 1.807) is 6.08 Å². The van der Waals surface area contributed by atoms with E-state index in [2.05, 4.69) is 44.1 Å². The quantitative estimate of drug-likeness (QED) is 0.502. The van der Waals surface area contributed by atoms with Gasteiger partial charge < -0.3 is 10.2 Å². The Morgan fingerprint density at radius 1 is 1.29 bits per heavy atom. The summed E-state index contributed by atoms with van der Waals surface area (Å²) in [6.07, 6.45) is 5.85. The number of sulfonamides is 1. The summed E-state index contributed by atoms with van der Waals surface area (Å²) in [6.45, 7) is 20.4. The number of nitrogens with zero attached hydrogens (tertiary/aromatic N) is 2. The second-order valence-electron chi connectivity index (χ2n) is 9.52. The van der Waals surface area contributed by atoms with Crippen LogP contribution in [0.4, 0.5) is 4.39 Å². The minimum absolute atomic E-state index is 0.116. The zero-order valence-corrected chi connectivity index (χ0v) is 20.6. The van der Waals surface area contributed by atoms with Crippen LogP contribution in [-0.2, 0) is 10.0 Å². The molecule has 2 heterocycles. The van der Waals surface area contributed by atoms with Crippen molar-refractivity contribution in [3.63, 3.8) is 0 Å². The van der Waals surface area contributed by atoms with Gasteiger partial charge >= 0.3 is 0 Å². The first-order valence-electron chi connectivity index (χ1n) is 11.7. The molecule has 1 N–H and O–H groups in total. The lowest BCUT2D eigenvalue weighted by Gasteiger charge is -2.52. The van der Waals surface area contributed by atoms with E-state index >= 15 is 0 Å². The van der Waals surface area contributed by atoms with Crippen LogP contribution in [0.3, 0.4) is 0 Å². The minimum atomic E-state index is -3.35. The maximum absolute atomic E-state index is 13.7. The lowest BCUT2D eigenvalue weighted by Crippen LogP contribution is -2.59. The number of likely N-dealkylation sites (tertiary alicyclic amines) is 1. The predicted molar refractivity (Wildman–Crippen MR) is 128 cm³/mol. The molecule has 3 unspecified atom stereocenters. The van der Waals surface area contributed by atoms with Gasteiger partial charge in [-0.15, -0.1) is 0 Å². The maximum Gasteiger partial charge on any atom is 0.235 e. The van der Waals surface area contributed by atoms with Crippen LogP contribution in [0.2, 0.25) is 0 Å². The highest BCUT2D eigenvalue weighted by Gasteiger charge is 2.45. The van der Waals surface area contributed by atoms with Crippen LogP contribution in [0.25, 0.3) is 0 Å². The normalized spacial score (nSPS) is 31.7. The van der Waals surface area contributed by atoms with Crippen LogP contribution in [0.5, 0.6) is 0 Å². The van der Waals surface area contributed by atoms with Crippen molar-refractivity contribution >= 4 is 10.0 Å². The van der Waals surface area contributed by atoms with Gasteiger partial charge in [-0.3, -0.25) is 0 Å². The number of halogens is 1. The molecule has 0 saturated carbocycles. The van der Waals surface area contributed by atoms with Crippen LogP contribution in [0, 0.1) is 23.7 Å². The number of rotatable bonds is 10. The van der Waals surface area contributed by atoms with Crippen molar-refractivity contribution in [1.82, 2.24) is 14.5 Å². The van der Waals surface area contributed by atoms with Gasteiger partial charge in [-0.25, -0.2) is 12.8 Å². The Morgan fingerprint density at radius 3 is 2.48 bits per heavy atom. The molecule has 5 nitrogen and oxygen atoms in total. The number of nitrogens with one attached hydrogen (secondary N) is 1. The predicted octanol–water partition coefficient (Wildman–Crippen LogP) is 4.17. The lowest BCUT2D eigenvalue weighted by molar-refractivity contribution is 0.0133. The number of hydrogen-bond acceptors (Lipinski definition) is 4. The Morgan fingerprint density at radius 2 is 1.94 bits per heavy atom. The molecule has 2 saturated heterocycles. The van der Waals surface area contributed by atoms with Gasteiger partial charge in [-0.2, -0.15) is 4.31 Å². The van der Waals surface area contributed by atoms with Crippen molar-refractivity contribution < 1.29 is 12.8 Å². The van der Waals surface area contributed by atoms with Gasteiger partial charge in [0, 0.05) is 30.6 Å². The molecule has 0 aliphatic carbocycles. The van der Waals surface area contributed by atoms with Crippen molar-refractivity contribution in [2.75, 3.05) is 39.3 Å². The smallest absolute Gasteiger partial charge is 0.235 e. The summed E-state index contributed by atoms with van der Waals surface area (Å²) in [5, 5.41) is 4.72. The molecule has 0 spiro atoms. The molecule has 178 valence electrons. The molecule has 31 heavy (non-hydrogen) atoms. The monoisotopic (exact) mass is 455 g/mol. The van der Waals surface area contributed by atoms with E-state index in [0.717, 1.165) is 44.4 Å². The Hall–Kier alpha value is -1.02. The van der Waals surface area contributed by atoms with Crippen LogP contribution in [0.15, 0.2) is 36.5 Å². The van der Waals surface area contributed by atoms with Gasteiger partial charge in [0.1, 0.15) is 5.83 Å².